The van der Waals surface area contributed by atoms with Crippen molar-refractivity contribution >= 4 is 50.6 Å². The Morgan fingerprint density at radius 3 is 3.04 bits per heavy atom. The van der Waals surface area contributed by atoms with Crippen molar-refractivity contribution in [3.8, 4) is 5.75 Å². The van der Waals surface area contributed by atoms with Crippen LogP contribution >= 0.6 is 23.1 Å². The molecule has 0 radical (unpaired) electrons. The van der Waals surface area contributed by atoms with Gasteiger partial charge in [0.05, 0.1) is 23.1 Å². The zero-order chi connectivity index (χ0) is 16.2. The average molecular weight is 345 g/mol. The van der Waals surface area contributed by atoms with Crippen molar-refractivity contribution in [2.75, 3.05) is 23.9 Å². The Bertz CT molecular complexity index is 848. The molecule has 0 spiro atoms. The number of aromatic nitrogens is 1. The number of hydrogen-bond donors (Lipinski definition) is 2. The molecular formula is C16H15N3O2S2. The number of carbonyl (C=O) groups is 1. The van der Waals surface area contributed by atoms with Crippen molar-refractivity contribution in [1.82, 2.24) is 4.98 Å². The molecule has 3 aromatic rings. The lowest BCUT2D eigenvalue weighted by Gasteiger charge is -2.06. The number of nitrogen functional groups attached to an aromatic ring is 1. The number of nitrogens with zero attached hydrogens (tertiary/aromatic N) is 1. The summed E-state index contributed by atoms with van der Waals surface area (Å²) < 4.78 is 7.02. The molecule has 7 heteroatoms. The van der Waals surface area contributed by atoms with Crippen molar-refractivity contribution < 1.29 is 9.53 Å². The average Bonchev–Trinajstić information content (AvgIpc) is 2.95. The maximum atomic E-state index is 12.0. The van der Waals surface area contributed by atoms with Gasteiger partial charge in [-0.25, -0.2) is 4.98 Å². The van der Waals surface area contributed by atoms with Crippen LogP contribution in [-0.2, 0) is 4.79 Å². The van der Waals surface area contributed by atoms with Gasteiger partial charge in [-0.05, 0) is 30.3 Å². The predicted molar refractivity (Wildman–Crippen MR) is 96.4 cm³/mol. The summed E-state index contributed by atoms with van der Waals surface area (Å²) in [6, 6.07) is 12.9. The van der Waals surface area contributed by atoms with Crippen LogP contribution in [0.2, 0.25) is 0 Å². The number of thiazole rings is 1. The highest BCUT2D eigenvalue weighted by atomic mass is 32.2. The number of amides is 1. The maximum absolute atomic E-state index is 12.0. The van der Waals surface area contributed by atoms with E-state index in [2.05, 4.69) is 10.3 Å². The topological polar surface area (TPSA) is 77.2 Å². The molecule has 3 N–H and O–H groups in total. The number of benzene rings is 2. The van der Waals surface area contributed by atoms with Gasteiger partial charge in [0.2, 0.25) is 5.91 Å². The van der Waals surface area contributed by atoms with Gasteiger partial charge in [-0.2, -0.15) is 0 Å². The first-order valence-corrected chi connectivity index (χ1v) is 8.67. The number of thioether (sulfide) groups is 1. The Balaban J connectivity index is 1.61. The molecule has 3 rings (SSSR count). The van der Waals surface area contributed by atoms with Crippen LogP contribution in [0.1, 0.15) is 0 Å². The molecule has 0 aliphatic carbocycles. The Morgan fingerprint density at radius 2 is 2.22 bits per heavy atom. The van der Waals surface area contributed by atoms with Gasteiger partial charge in [-0.3, -0.25) is 4.79 Å². The molecule has 0 unspecified atom stereocenters. The van der Waals surface area contributed by atoms with Gasteiger partial charge < -0.3 is 15.8 Å². The van der Waals surface area contributed by atoms with E-state index in [1.807, 2.05) is 36.4 Å². The number of carbonyl (C=O) groups excluding carboxylic acids is 1. The summed E-state index contributed by atoms with van der Waals surface area (Å²) in [5.74, 6) is 0.924. The molecule has 5 nitrogen and oxygen atoms in total. The Morgan fingerprint density at radius 1 is 1.35 bits per heavy atom. The van der Waals surface area contributed by atoms with Gasteiger partial charge in [-0.1, -0.05) is 17.8 Å². The van der Waals surface area contributed by atoms with Crippen molar-refractivity contribution in [2.45, 2.75) is 4.34 Å². The number of ether oxygens (including phenoxy) is 1. The third-order valence-electron chi connectivity index (χ3n) is 3.07. The standard InChI is InChI=1S/C16H15N3O2S2/c1-21-12-4-2-3-11(8-12)18-15(20)9-22-16-19-13-6-5-10(17)7-14(13)23-16/h2-8H,9,17H2,1H3,(H,18,20). The number of nitrogens with one attached hydrogen (secondary N) is 1. The number of rotatable bonds is 5. The summed E-state index contributed by atoms with van der Waals surface area (Å²) in [4.78, 5) is 16.5. The van der Waals surface area contributed by atoms with Crippen LogP contribution in [0.4, 0.5) is 11.4 Å². The van der Waals surface area contributed by atoms with E-state index < -0.39 is 0 Å². The van der Waals surface area contributed by atoms with Gasteiger partial charge in [0, 0.05) is 17.4 Å². The molecule has 0 atom stereocenters. The highest BCUT2D eigenvalue weighted by Gasteiger charge is 2.09. The fourth-order valence-electron chi connectivity index (χ4n) is 2.01. The monoisotopic (exact) mass is 345 g/mol. The molecule has 1 amide bonds. The van der Waals surface area contributed by atoms with Crippen LogP contribution in [0, 0.1) is 0 Å². The second kappa shape index (κ2) is 6.89. The smallest absolute Gasteiger partial charge is 0.234 e. The van der Waals surface area contributed by atoms with Gasteiger partial charge in [-0.15, -0.1) is 11.3 Å². The van der Waals surface area contributed by atoms with E-state index in [9.17, 15) is 4.79 Å². The van der Waals surface area contributed by atoms with Gasteiger partial charge in [0.25, 0.3) is 0 Å². The minimum atomic E-state index is -0.0815. The van der Waals surface area contributed by atoms with E-state index in [1.54, 1.807) is 13.2 Å². The first-order chi connectivity index (χ1) is 11.1. The van der Waals surface area contributed by atoms with E-state index >= 15 is 0 Å². The highest BCUT2D eigenvalue weighted by Crippen LogP contribution is 2.30. The van der Waals surface area contributed by atoms with Crippen LogP contribution < -0.4 is 15.8 Å². The third kappa shape index (κ3) is 3.94. The molecule has 0 fully saturated rings. The molecule has 1 heterocycles. The molecule has 2 aromatic carbocycles. The van der Waals surface area contributed by atoms with Crippen molar-refractivity contribution in [2.24, 2.45) is 0 Å². The zero-order valence-electron chi connectivity index (χ0n) is 12.4. The largest absolute Gasteiger partial charge is 0.497 e. The van der Waals surface area contributed by atoms with Crippen LogP contribution in [0.3, 0.4) is 0 Å². The molecule has 118 valence electrons. The Labute approximate surface area is 141 Å². The van der Waals surface area contributed by atoms with Gasteiger partial charge in [0.15, 0.2) is 4.34 Å². The fraction of sp³-hybridized carbons (Fsp3) is 0.125. The minimum Gasteiger partial charge on any atom is -0.497 e. The lowest BCUT2D eigenvalue weighted by atomic mass is 10.3. The van der Waals surface area contributed by atoms with Gasteiger partial charge >= 0.3 is 0 Å². The molecule has 0 saturated carbocycles. The van der Waals surface area contributed by atoms with E-state index in [1.165, 1.54) is 23.1 Å². The molecule has 23 heavy (non-hydrogen) atoms. The fourth-order valence-corrected chi connectivity index (χ4v) is 3.92. The van der Waals surface area contributed by atoms with Crippen molar-refractivity contribution in [1.29, 1.82) is 0 Å². The van der Waals surface area contributed by atoms with Crippen LogP contribution in [-0.4, -0.2) is 23.8 Å². The van der Waals surface area contributed by atoms with Gasteiger partial charge in [0.1, 0.15) is 5.75 Å². The first kappa shape index (κ1) is 15.6. The maximum Gasteiger partial charge on any atom is 0.234 e. The quantitative estimate of drug-likeness (QED) is 0.545. The second-order valence-corrected chi connectivity index (χ2v) is 7.03. The predicted octanol–water partition coefficient (Wildman–Crippen LogP) is 3.62. The molecule has 0 saturated heterocycles. The summed E-state index contributed by atoms with van der Waals surface area (Å²) in [7, 11) is 1.59. The summed E-state index contributed by atoms with van der Waals surface area (Å²) >= 11 is 2.95. The summed E-state index contributed by atoms with van der Waals surface area (Å²) in [5, 5.41) is 2.85. The summed E-state index contributed by atoms with van der Waals surface area (Å²) in [6.45, 7) is 0. The van der Waals surface area contributed by atoms with E-state index in [0.29, 0.717) is 22.9 Å². The van der Waals surface area contributed by atoms with Crippen LogP contribution in [0.25, 0.3) is 10.2 Å². The second-order valence-electron chi connectivity index (χ2n) is 4.78. The van der Waals surface area contributed by atoms with E-state index in [4.69, 9.17) is 10.5 Å². The molecule has 0 bridgehead atoms. The minimum absolute atomic E-state index is 0.0815. The third-order valence-corrected chi connectivity index (χ3v) is 5.23. The summed E-state index contributed by atoms with van der Waals surface area (Å²) in [5.41, 5.74) is 8.10. The molecular weight excluding hydrogens is 330 g/mol. The molecule has 1 aromatic heterocycles. The van der Waals surface area contributed by atoms with E-state index in [0.717, 1.165) is 14.6 Å². The lowest BCUT2D eigenvalue weighted by Crippen LogP contribution is -2.13. The number of methoxy groups -OCH3 is 1. The van der Waals surface area contributed by atoms with Crippen molar-refractivity contribution in [3.63, 3.8) is 0 Å². The normalized spacial score (nSPS) is 10.7. The van der Waals surface area contributed by atoms with Crippen LogP contribution in [0.5, 0.6) is 5.75 Å². The number of anilines is 2. The molecule has 0 aliphatic rings. The number of hydrogen-bond acceptors (Lipinski definition) is 6. The Kier molecular flexibility index (Phi) is 4.68. The molecule has 0 aliphatic heterocycles. The zero-order valence-corrected chi connectivity index (χ0v) is 14.0. The highest BCUT2D eigenvalue weighted by molar-refractivity contribution is 8.01. The lowest BCUT2D eigenvalue weighted by molar-refractivity contribution is -0.113. The Hall–Kier alpha value is -2.25. The van der Waals surface area contributed by atoms with E-state index in [-0.39, 0.29) is 5.91 Å². The van der Waals surface area contributed by atoms with Crippen LogP contribution in [0.15, 0.2) is 46.8 Å². The number of fused-ring (bicyclic) bond motifs is 1. The first-order valence-electron chi connectivity index (χ1n) is 6.87. The van der Waals surface area contributed by atoms with Crippen molar-refractivity contribution in [3.05, 3.63) is 42.5 Å². The number of nitrogens with two attached hydrogens (primary N) is 1. The summed E-state index contributed by atoms with van der Waals surface area (Å²) in [6.07, 6.45) is 0. The SMILES string of the molecule is COc1cccc(NC(=O)CSc2nc3ccc(N)cc3s2)c1.